The van der Waals surface area contributed by atoms with Gasteiger partial charge in [-0.15, -0.1) is 0 Å². The molecule has 0 saturated carbocycles. The summed E-state index contributed by atoms with van der Waals surface area (Å²) in [4.78, 5) is 6.68. The molecule has 20 heavy (non-hydrogen) atoms. The van der Waals surface area contributed by atoms with Gasteiger partial charge >= 0.3 is 0 Å². The second-order valence-electron chi connectivity index (χ2n) is 4.02. The molecule has 0 amide bonds. The Balaban J connectivity index is 2.37. The minimum absolute atomic E-state index is 0.0449. The smallest absolute Gasteiger partial charge is 0.244 e. The van der Waals surface area contributed by atoms with Crippen molar-refractivity contribution in [3.8, 4) is 0 Å². The van der Waals surface area contributed by atoms with Gasteiger partial charge in [-0.3, -0.25) is 0 Å². The van der Waals surface area contributed by atoms with Gasteiger partial charge in [0.2, 0.25) is 10.0 Å². The molecule has 1 heterocycles. The van der Waals surface area contributed by atoms with Crippen molar-refractivity contribution in [3.63, 3.8) is 0 Å². The number of nitrogens with one attached hydrogen (secondary N) is 2. The molecule has 2 rings (SSSR count). The van der Waals surface area contributed by atoms with Crippen LogP contribution in [0.25, 0.3) is 0 Å². The lowest BCUT2D eigenvalue weighted by Crippen LogP contribution is -2.28. The summed E-state index contributed by atoms with van der Waals surface area (Å²) in [5.41, 5.74) is 0. The maximum Gasteiger partial charge on any atom is 0.244 e. The molecule has 0 aliphatic carbocycles. The van der Waals surface area contributed by atoms with Crippen molar-refractivity contribution < 1.29 is 8.42 Å². The fourth-order valence-corrected chi connectivity index (χ4v) is 4.79. The van der Waals surface area contributed by atoms with Crippen LogP contribution in [0.1, 0.15) is 18.8 Å². The third-order valence-corrected chi connectivity index (χ3v) is 5.41. The van der Waals surface area contributed by atoms with E-state index in [1.807, 2.05) is 0 Å². The summed E-state index contributed by atoms with van der Waals surface area (Å²) in [6.45, 7) is 1.66. The van der Waals surface area contributed by atoms with E-state index in [2.05, 4.69) is 30.6 Å². The van der Waals surface area contributed by atoms with E-state index in [9.17, 15) is 8.42 Å². The lowest BCUT2D eigenvalue weighted by atomic mass is 10.3. The standard InChI is InChI=1S/C11H10BrCl2N3O2S/c1-6(11-15-2-3-16-11)17-20(18,19)10-8(13)4-7(12)5-9(10)14/h2-6,17H,1H3,(H,15,16). The largest absolute Gasteiger partial charge is 0.347 e. The highest BCUT2D eigenvalue weighted by Gasteiger charge is 2.25. The number of rotatable bonds is 4. The lowest BCUT2D eigenvalue weighted by molar-refractivity contribution is 0.561. The Bertz CT molecular complexity index is 696. The topological polar surface area (TPSA) is 74.8 Å². The molecule has 9 heteroatoms. The predicted molar refractivity (Wildman–Crippen MR) is 81.5 cm³/mol. The van der Waals surface area contributed by atoms with E-state index >= 15 is 0 Å². The zero-order valence-electron chi connectivity index (χ0n) is 10.2. The third kappa shape index (κ3) is 3.35. The Hall–Kier alpha value is -0.600. The number of benzene rings is 1. The maximum absolute atomic E-state index is 12.4. The van der Waals surface area contributed by atoms with Gasteiger partial charge < -0.3 is 4.98 Å². The molecule has 0 aliphatic heterocycles. The maximum atomic E-state index is 12.4. The Kier molecular flexibility index (Phi) is 4.76. The van der Waals surface area contributed by atoms with Gasteiger partial charge in [-0.05, 0) is 19.1 Å². The number of hydrogen-bond acceptors (Lipinski definition) is 3. The fraction of sp³-hybridized carbons (Fsp3) is 0.182. The summed E-state index contributed by atoms with van der Waals surface area (Å²) in [6.07, 6.45) is 3.15. The van der Waals surface area contributed by atoms with E-state index < -0.39 is 16.1 Å². The Morgan fingerprint density at radius 3 is 2.45 bits per heavy atom. The first-order valence-electron chi connectivity index (χ1n) is 5.47. The summed E-state index contributed by atoms with van der Waals surface area (Å²) in [5.74, 6) is 0.498. The van der Waals surface area contributed by atoms with E-state index in [1.165, 1.54) is 12.1 Å². The average molecular weight is 399 g/mol. The number of hydrogen-bond donors (Lipinski definition) is 2. The van der Waals surface area contributed by atoms with Gasteiger partial charge in [-0.2, -0.15) is 0 Å². The van der Waals surface area contributed by atoms with E-state index in [0.29, 0.717) is 10.3 Å². The number of nitrogens with zero attached hydrogens (tertiary/aromatic N) is 1. The van der Waals surface area contributed by atoms with Crippen LogP contribution in [0, 0.1) is 0 Å². The molecule has 0 aliphatic rings. The average Bonchev–Trinajstić information content (AvgIpc) is 2.78. The summed E-state index contributed by atoms with van der Waals surface area (Å²) >= 11 is 15.1. The van der Waals surface area contributed by atoms with Crippen LogP contribution < -0.4 is 4.72 Å². The summed E-state index contributed by atoms with van der Waals surface area (Å²) in [5, 5.41) is 0.0899. The van der Waals surface area contributed by atoms with Crippen molar-refractivity contribution in [2.24, 2.45) is 0 Å². The van der Waals surface area contributed by atoms with Crippen molar-refractivity contribution >= 4 is 49.2 Å². The second kappa shape index (κ2) is 6.03. The van der Waals surface area contributed by atoms with E-state index in [0.717, 1.165) is 0 Å². The lowest BCUT2D eigenvalue weighted by Gasteiger charge is -2.14. The van der Waals surface area contributed by atoms with Crippen LogP contribution in [0.3, 0.4) is 0 Å². The summed E-state index contributed by atoms with van der Waals surface area (Å²) < 4.78 is 27.8. The zero-order valence-corrected chi connectivity index (χ0v) is 14.1. The van der Waals surface area contributed by atoms with E-state index in [4.69, 9.17) is 23.2 Å². The Morgan fingerprint density at radius 2 is 1.95 bits per heavy atom. The molecule has 0 saturated heterocycles. The van der Waals surface area contributed by atoms with Gasteiger partial charge in [-0.25, -0.2) is 18.1 Å². The van der Waals surface area contributed by atoms with Crippen LogP contribution in [0.5, 0.6) is 0 Å². The Morgan fingerprint density at radius 1 is 1.35 bits per heavy atom. The zero-order chi connectivity index (χ0) is 14.9. The molecule has 0 radical (unpaired) electrons. The van der Waals surface area contributed by atoms with Crippen LogP contribution >= 0.6 is 39.1 Å². The molecule has 0 bridgehead atoms. The van der Waals surface area contributed by atoms with Crippen LogP contribution in [0.2, 0.25) is 10.0 Å². The normalized spacial score (nSPS) is 13.4. The summed E-state index contributed by atoms with van der Waals surface area (Å²) in [7, 11) is -3.86. The van der Waals surface area contributed by atoms with E-state index in [-0.39, 0.29) is 14.9 Å². The molecule has 0 spiro atoms. The first-order chi connectivity index (χ1) is 9.31. The van der Waals surface area contributed by atoms with Crippen molar-refractivity contribution in [2.75, 3.05) is 0 Å². The van der Waals surface area contributed by atoms with Crippen LogP contribution in [-0.4, -0.2) is 18.4 Å². The molecular formula is C11H10BrCl2N3O2S. The van der Waals surface area contributed by atoms with E-state index in [1.54, 1.807) is 19.3 Å². The highest BCUT2D eigenvalue weighted by atomic mass is 79.9. The molecule has 108 valence electrons. The van der Waals surface area contributed by atoms with Crippen molar-refractivity contribution in [1.82, 2.24) is 14.7 Å². The summed E-state index contributed by atoms with van der Waals surface area (Å²) in [6, 6.07) is 2.41. The van der Waals surface area contributed by atoms with Gasteiger partial charge in [-0.1, -0.05) is 39.1 Å². The van der Waals surface area contributed by atoms with Gasteiger partial charge in [0.25, 0.3) is 0 Å². The van der Waals surface area contributed by atoms with Gasteiger partial charge in [0.05, 0.1) is 16.1 Å². The van der Waals surface area contributed by atoms with Crippen molar-refractivity contribution in [1.29, 1.82) is 0 Å². The highest BCUT2D eigenvalue weighted by Crippen LogP contribution is 2.33. The number of aromatic nitrogens is 2. The number of aromatic amines is 1. The number of H-pyrrole nitrogens is 1. The predicted octanol–water partition coefficient (Wildman–Crippen LogP) is 3.52. The van der Waals surface area contributed by atoms with Crippen LogP contribution in [-0.2, 0) is 10.0 Å². The Labute approximate surface area is 134 Å². The van der Waals surface area contributed by atoms with Crippen LogP contribution in [0.4, 0.5) is 0 Å². The van der Waals surface area contributed by atoms with Gasteiger partial charge in [0.15, 0.2) is 0 Å². The molecule has 2 aromatic rings. The molecular weight excluding hydrogens is 389 g/mol. The van der Waals surface area contributed by atoms with Crippen molar-refractivity contribution in [3.05, 3.63) is 44.9 Å². The number of halogens is 3. The van der Waals surface area contributed by atoms with Gasteiger partial charge in [0, 0.05) is 16.9 Å². The molecule has 5 nitrogen and oxygen atoms in total. The highest BCUT2D eigenvalue weighted by molar-refractivity contribution is 9.10. The SMILES string of the molecule is CC(NS(=O)(=O)c1c(Cl)cc(Br)cc1Cl)c1ncc[nH]1. The van der Waals surface area contributed by atoms with Crippen LogP contribution in [0.15, 0.2) is 33.9 Å². The minimum Gasteiger partial charge on any atom is -0.347 e. The molecule has 1 aromatic heterocycles. The molecule has 0 fully saturated rings. The first-order valence-corrected chi connectivity index (χ1v) is 8.50. The number of imidazole rings is 1. The molecule has 1 unspecified atom stereocenters. The first kappa shape index (κ1) is 15.8. The fourth-order valence-electron chi connectivity index (χ4n) is 1.65. The van der Waals surface area contributed by atoms with Crippen molar-refractivity contribution in [2.45, 2.75) is 17.9 Å². The number of sulfonamides is 1. The third-order valence-electron chi connectivity index (χ3n) is 2.49. The molecule has 2 N–H and O–H groups in total. The minimum atomic E-state index is -3.86. The second-order valence-corrected chi connectivity index (χ2v) is 7.40. The molecule has 1 atom stereocenters. The molecule has 1 aromatic carbocycles. The quantitative estimate of drug-likeness (QED) is 0.827. The van der Waals surface area contributed by atoms with Gasteiger partial charge in [0.1, 0.15) is 10.7 Å². The monoisotopic (exact) mass is 397 g/mol.